The molecule has 3 fully saturated rings. The fourth-order valence-corrected chi connectivity index (χ4v) is 1.55. The molecule has 0 aromatic rings. The zero-order chi connectivity index (χ0) is 9.53. The third-order valence-electron chi connectivity index (χ3n) is 2.63. The summed E-state index contributed by atoms with van der Waals surface area (Å²) in [7, 11) is 0. The molecule has 3 heterocycles. The summed E-state index contributed by atoms with van der Waals surface area (Å²) in [5, 5.41) is 0. The Morgan fingerprint density at radius 3 is 2.08 bits per heavy atom. The SMILES string of the molecule is C[C@H](C=O)C12OCC(C)(CO1)CO2. The fourth-order valence-electron chi connectivity index (χ4n) is 1.55. The first kappa shape index (κ1) is 9.12. The van der Waals surface area contributed by atoms with E-state index >= 15 is 0 Å². The van der Waals surface area contributed by atoms with Gasteiger partial charge in [0.05, 0.1) is 25.7 Å². The van der Waals surface area contributed by atoms with Crippen LogP contribution in [0, 0.1) is 11.3 Å². The first-order chi connectivity index (χ1) is 6.10. The van der Waals surface area contributed by atoms with Gasteiger partial charge in [-0.3, -0.25) is 0 Å². The number of hydrogen-bond acceptors (Lipinski definition) is 4. The van der Waals surface area contributed by atoms with E-state index in [1.54, 1.807) is 6.92 Å². The van der Waals surface area contributed by atoms with Crippen LogP contribution in [0.3, 0.4) is 0 Å². The van der Waals surface area contributed by atoms with Gasteiger partial charge < -0.3 is 19.0 Å². The molecule has 0 unspecified atom stereocenters. The Kier molecular flexibility index (Phi) is 1.94. The first-order valence-corrected chi connectivity index (χ1v) is 4.47. The van der Waals surface area contributed by atoms with Gasteiger partial charge in [0.2, 0.25) is 0 Å². The molecule has 4 heteroatoms. The minimum absolute atomic E-state index is 0.0373. The van der Waals surface area contributed by atoms with E-state index in [1.807, 2.05) is 6.92 Å². The van der Waals surface area contributed by atoms with Gasteiger partial charge in [-0.15, -0.1) is 0 Å². The average Bonchev–Trinajstić information content (AvgIpc) is 2.18. The van der Waals surface area contributed by atoms with E-state index in [0.717, 1.165) is 6.29 Å². The third kappa shape index (κ3) is 1.29. The van der Waals surface area contributed by atoms with Gasteiger partial charge in [0.15, 0.2) is 0 Å². The Labute approximate surface area is 77.1 Å². The van der Waals surface area contributed by atoms with E-state index in [1.165, 1.54) is 0 Å². The standard InChI is InChI=1S/C9H14O4/c1-7(3-10)9-11-4-8(2,5-12-9)6-13-9/h3,7H,4-6H2,1-2H3/t7-,8?,9?/m1/s1. The molecule has 0 saturated carbocycles. The molecule has 1 atom stereocenters. The van der Waals surface area contributed by atoms with E-state index in [2.05, 4.69) is 0 Å². The molecule has 0 amide bonds. The molecule has 3 aliphatic heterocycles. The topological polar surface area (TPSA) is 44.8 Å². The molecule has 3 saturated heterocycles. The van der Waals surface area contributed by atoms with Crippen molar-refractivity contribution >= 4 is 6.29 Å². The maximum absolute atomic E-state index is 10.6. The van der Waals surface area contributed by atoms with Crippen molar-refractivity contribution in [2.24, 2.45) is 11.3 Å². The maximum atomic E-state index is 10.6. The predicted molar refractivity (Wildman–Crippen MR) is 43.9 cm³/mol. The number of hydrogen-bond donors (Lipinski definition) is 0. The lowest BCUT2D eigenvalue weighted by Gasteiger charge is -2.51. The van der Waals surface area contributed by atoms with Gasteiger partial charge in [0.1, 0.15) is 6.29 Å². The number of fused-ring (bicyclic) bond motifs is 3. The van der Waals surface area contributed by atoms with E-state index in [-0.39, 0.29) is 11.3 Å². The quantitative estimate of drug-likeness (QED) is 0.591. The third-order valence-corrected chi connectivity index (χ3v) is 2.63. The van der Waals surface area contributed by atoms with Crippen molar-refractivity contribution in [2.45, 2.75) is 19.8 Å². The smallest absolute Gasteiger partial charge is 0.292 e. The second kappa shape index (κ2) is 2.77. The lowest BCUT2D eigenvalue weighted by Crippen LogP contribution is -2.61. The second-order valence-electron chi connectivity index (χ2n) is 4.20. The molecule has 74 valence electrons. The van der Waals surface area contributed by atoms with E-state index in [4.69, 9.17) is 14.2 Å². The van der Waals surface area contributed by atoms with Crippen molar-refractivity contribution in [3.8, 4) is 0 Å². The zero-order valence-electron chi connectivity index (χ0n) is 7.91. The molecule has 0 spiro atoms. The molecule has 13 heavy (non-hydrogen) atoms. The Balaban J connectivity index is 2.15. The summed E-state index contributed by atoms with van der Waals surface area (Å²) in [6.07, 6.45) is 0.800. The first-order valence-electron chi connectivity index (χ1n) is 4.47. The highest BCUT2D eigenvalue weighted by molar-refractivity contribution is 5.54. The lowest BCUT2D eigenvalue weighted by atomic mass is 9.90. The fraction of sp³-hybridized carbons (Fsp3) is 0.889. The molecule has 3 aliphatic rings. The van der Waals surface area contributed by atoms with E-state index < -0.39 is 5.97 Å². The minimum atomic E-state index is -1.10. The molecule has 4 nitrogen and oxygen atoms in total. The Bertz CT molecular complexity index is 201. The van der Waals surface area contributed by atoms with Crippen molar-refractivity contribution in [2.75, 3.05) is 19.8 Å². The number of carbonyl (C=O) groups is 1. The highest BCUT2D eigenvalue weighted by atomic mass is 16.9. The van der Waals surface area contributed by atoms with Gasteiger partial charge in [0.25, 0.3) is 5.97 Å². The number of rotatable bonds is 2. The van der Waals surface area contributed by atoms with Crippen LogP contribution in [0.2, 0.25) is 0 Å². The molecule has 0 aliphatic carbocycles. The van der Waals surface area contributed by atoms with Crippen LogP contribution < -0.4 is 0 Å². The van der Waals surface area contributed by atoms with Gasteiger partial charge in [-0.2, -0.15) is 0 Å². The molecule has 2 bridgehead atoms. The van der Waals surface area contributed by atoms with E-state index in [0.29, 0.717) is 19.8 Å². The summed E-state index contributed by atoms with van der Waals surface area (Å²) in [6, 6.07) is 0. The summed E-state index contributed by atoms with van der Waals surface area (Å²) < 4.78 is 16.3. The van der Waals surface area contributed by atoms with Crippen molar-refractivity contribution < 1.29 is 19.0 Å². The van der Waals surface area contributed by atoms with Gasteiger partial charge in [0, 0.05) is 5.41 Å². The van der Waals surface area contributed by atoms with Crippen LogP contribution in [0.15, 0.2) is 0 Å². The Morgan fingerprint density at radius 2 is 1.69 bits per heavy atom. The number of ether oxygens (including phenoxy) is 3. The van der Waals surface area contributed by atoms with Crippen LogP contribution in [-0.2, 0) is 19.0 Å². The van der Waals surface area contributed by atoms with E-state index in [9.17, 15) is 4.79 Å². The van der Waals surface area contributed by atoms with Crippen molar-refractivity contribution in [1.82, 2.24) is 0 Å². The summed E-state index contributed by atoms with van der Waals surface area (Å²) >= 11 is 0. The number of aldehydes is 1. The number of carbonyl (C=O) groups excluding carboxylic acids is 1. The van der Waals surface area contributed by atoms with Crippen LogP contribution in [-0.4, -0.2) is 32.1 Å². The van der Waals surface area contributed by atoms with Crippen molar-refractivity contribution in [1.29, 1.82) is 0 Å². The van der Waals surface area contributed by atoms with Crippen LogP contribution in [0.25, 0.3) is 0 Å². The van der Waals surface area contributed by atoms with Crippen LogP contribution in [0.5, 0.6) is 0 Å². The molecule has 3 rings (SSSR count). The zero-order valence-corrected chi connectivity index (χ0v) is 7.91. The highest BCUT2D eigenvalue weighted by Crippen LogP contribution is 2.41. The Hall–Kier alpha value is -0.450. The average molecular weight is 186 g/mol. The van der Waals surface area contributed by atoms with Gasteiger partial charge in [-0.25, -0.2) is 0 Å². The summed E-state index contributed by atoms with van der Waals surface area (Å²) in [5.41, 5.74) is -0.0373. The second-order valence-corrected chi connectivity index (χ2v) is 4.20. The van der Waals surface area contributed by atoms with Crippen molar-refractivity contribution in [3.05, 3.63) is 0 Å². The van der Waals surface area contributed by atoms with Gasteiger partial charge in [-0.1, -0.05) is 6.92 Å². The summed E-state index contributed by atoms with van der Waals surface area (Å²) in [6.45, 7) is 5.59. The molecule has 0 radical (unpaired) electrons. The van der Waals surface area contributed by atoms with Crippen LogP contribution in [0.4, 0.5) is 0 Å². The van der Waals surface area contributed by atoms with Gasteiger partial charge >= 0.3 is 0 Å². The Morgan fingerprint density at radius 1 is 1.23 bits per heavy atom. The molecule has 0 aromatic carbocycles. The summed E-state index contributed by atoms with van der Waals surface area (Å²) in [4.78, 5) is 10.6. The molecule has 0 N–H and O–H groups in total. The minimum Gasteiger partial charge on any atom is -0.326 e. The van der Waals surface area contributed by atoms with Crippen molar-refractivity contribution in [3.63, 3.8) is 0 Å². The molecular weight excluding hydrogens is 172 g/mol. The van der Waals surface area contributed by atoms with Crippen LogP contribution >= 0.6 is 0 Å². The maximum Gasteiger partial charge on any atom is 0.292 e. The normalized spacial score (nSPS) is 46.0. The van der Waals surface area contributed by atoms with Crippen LogP contribution in [0.1, 0.15) is 13.8 Å². The predicted octanol–water partition coefficient (Wildman–Crippen LogP) is 0.558. The summed E-state index contributed by atoms with van der Waals surface area (Å²) in [5.74, 6) is -1.48. The highest BCUT2D eigenvalue weighted by Gasteiger charge is 2.53. The molecular formula is C9H14O4. The molecule has 0 aromatic heterocycles. The lowest BCUT2D eigenvalue weighted by molar-refractivity contribution is -0.476. The van der Waals surface area contributed by atoms with Gasteiger partial charge in [-0.05, 0) is 6.92 Å². The monoisotopic (exact) mass is 186 g/mol. The largest absolute Gasteiger partial charge is 0.326 e.